The number of nitrogens with zero attached hydrogens (tertiary/aromatic N) is 5. The van der Waals surface area contributed by atoms with Crippen LogP contribution in [0.25, 0.3) is 6.08 Å². The van der Waals surface area contributed by atoms with Crippen molar-refractivity contribution in [2.45, 2.75) is 24.7 Å². The summed E-state index contributed by atoms with van der Waals surface area (Å²) in [5, 5.41) is 19.3. The number of hydrogen-bond donors (Lipinski definition) is 1. The van der Waals surface area contributed by atoms with E-state index in [0.29, 0.717) is 10.2 Å². The maximum atomic E-state index is 14.2. The molecular weight excluding hydrogens is 365 g/mol. The van der Waals surface area contributed by atoms with Crippen molar-refractivity contribution in [2.24, 2.45) is 0 Å². The lowest BCUT2D eigenvalue weighted by molar-refractivity contribution is -0.171. The number of aliphatic hydroxyl groups excluding tert-OH is 1. The second-order valence-electron chi connectivity index (χ2n) is 5.10. The quantitative estimate of drug-likeness (QED) is 0.559. The van der Waals surface area contributed by atoms with Crippen molar-refractivity contribution in [1.29, 1.82) is 0 Å². The monoisotopic (exact) mass is 379 g/mol. The first-order valence-corrected chi connectivity index (χ1v) is 7.23. The summed E-state index contributed by atoms with van der Waals surface area (Å²) < 4.78 is 68.7. The third-order valence-corrected chi connectivity index (χ3v) is 3.08. The topological polar surface area (TPSA) is 86.0 Å². The van der Waals surface area contributed by atoms with Crippen LogP contribution in [-0.4, -0.2) is 55.8 Å². The maximum Gasteiger partial charge on any atom is 0.411 e. The Bertz CT molecular complexity index is 693. The molecule has 142 valence electrons. The van der Waals surface area contributed by atoms with Crippen molar-refractivity contribution >= 4 is 6.08 Å². The van der Waals surface area contributed by atoms with Gasteiger partial charge in [0.2, 0.25) is 6.30 Å². The molecule has 0 bridgehead atoms. The normalized spacial score (nSPS) is 15.9. The van der Waals surface area contributed by atoms with Crippen LogP contribution in [0, 0.1) is 0 Å². The van der Waals surface area contributed by atoms with Gasteiger partial charge in [0.25, 0.3) is 0 Å². The average molecular weight is 379 g/mol. The van der Waals surface area contributed by atoms with Gasteiger partial charge in [-0.1, -0.05) is 18.2 Å². The number of hydrogen-bond acceptors (Lipinski definition) is 6. The van der Waals surface area contributed by atoms with E-state index in [-0.39, 0.29) is 12.3 Å². The van der Waals surface area contributed by atoms with Crippen LogP contribution in [0.15, 0.2) is 30.7 Å². The predicted molar refractivity (Wildman–Crippen MR) is 78.0 cm³/mol. The van der Waals surface area contributed by atoms with Crippen molar-refractivity contribution in [3.63, 3.8) is 0 Å². The minimum atomic E-state index is -4.40. The summed E-state index contributed by atoms with van der Waals surface area (Å²) in [6.07, 6.45) is -5.94. The number of alkyl halides is 5. The van der Waals surface area contributed by atoms with E-state index in [0.717, 1.165) is 6.33 Å². The standard InChI is InChI=1S/C14H14F5N5O2/c15-11(12(25)13(16)24-8-21-22-23-24)10-4-3-9(6-20-10)2-1-5-26-7-14(17,18)19/h1-4,6,8,11-13,25H,5,7H2. The van der Waals surface area contributed by atoms with E-state index in [1.807, 2.05) is 0 Å². The van der Waals surface area contributed by atoms with Crippen LogP contribution < -0.4 is 0 Å². The van der Waals surface area contributed by atoms with Crippen LogP contribution in [0.4, 0.5) is 22.0 Å². The molecular formula is C14H14F5N5O2. The Labute approximate surface area is 144 Å². The van der Waals surface area contributed by atoms with Gasteiger partial charge in [0.15, 0.2) is 6.17 Å². The lowest BCUT2D eigenvalue weighted by Crippen LogP contribution is -2.26. The maximum absolute atomic E-state index is 14.2. The molecule has 0 spiro atoms. The fourth-order valence-corrected chi connectivity index (χ4v) is 1.86. The van der Waals surface area contributed by atoms with E-state index < -0.39 is 31.4 Å². The second kappa shape index (κ2) is 8.76. The molecule has 2 heterocycles. The molecule has 3 atom stereocenters. The van der Waals surface area contributed by atoms with Crippen molar-refractivity contribution in [1.82, 2.24) is 25.2 Å². The van der Waals surface area contributed by atoms with Gasteiger partial charge < -0.3 is 9.84 Å². The van der Waals surface area contributed by atoms with Crippen LogP contribution in [0.3, 0.4) is 0 Å². The molecule has 0 aliphatic rings. The number of tetrazole rings is 1. The third kappa shape index (κ3) is 5.81. The molecule has 0 saturated carbocycles. The van der Waals surface area contributed by atoms with E-state index in [1.165, 1.54) is 30.5 Å². The van der Waals surface area contributed by atoms with Gasteiger partial charge in [-0.05, 0) is 22.1 Å². The Morgan fingerprint density at radius 2 is 2.04 bits per heavy atom. The molecule has 0 aliphatic carbocycles. The first kappa shape index (κ1) is 19.8. The predicted octanol–water partition coefficient (Wildman–Crippen LogP) is 2.20. The first-order chi connectivity index (χ1) is 12.3. The number of aliphatic hydroxyl groups is 1. The molecule has 0 amide bonds. The molecule has 26 heavy (non-hydrogen) atoms. The highest BCUT2D eigenvalue weighted by Gasteiger charge is 2.32. The van der Waals surface area contributed by atoms with Gasteiger partial charge in [-0.2, -0.15) is 17.9 Å². The average Bonchev–Trinajstić information content (AvgIpc) is 3.13. The molecule has 2 rings (SSSR count). The van der Waals surface area contributed by atoms with E-state index in [4.69, 9.17) is 0 Å². The SMILES string of the molecule is OC(C(F)c1ccc(C=CCOCC(F)(F)F)cn1)C(F)n1cnnn1. The van der Waals surface area contributed by atoms with Crippen LogP contribution in [0.1, 0.15) is 23.7 Å². The fourth-order valence-electron chi connectivity index (χ4n) is 1.86. The molecule has 2 aromatic heterocycles. The van der Waals surface area contributed by atoms with E-state index in [2.05, 4.69) is 25.2 Å². The highest BCUT2D eigenvalue weighted by atomic mass is 19.4. The highest BCUT2D eigenvalue weighted by Crippen LogP contribution is 2.27. The summed E-state index contributed by atoms with van der Waals surface area (Å²) in [6, 6.07) is 2.63. The molecule has 0 fully saturated rings. The molecule has 0 aromatic carbocycles. The lowest BCUT2D eigenvalue weighted by atomic mass is 10.1. The summed E-state index contributed by atoms with van der Waals surface area (Å²) >= 11 is 0. The van der Waals surface area contributed by atoms with Gasteiger partial charge in [0, 0.05) is 6.20 Å². The zero-order valence-electron chi connectivity index (χ0n) is 13.1. The highest BCUT2D eigenvalue weighted by molar-refractivity contribution is 5.47. The third-order valence-electron chi connectivity index (χ3n) is 3.08. The van der Waals surface area contributed by atoms with Crippen LogP contribution in [-0.2, 0) is 4.74 Å². The lowest BCUT2D eigenvalue weighted by Gasteiger charge is -2.18. The van der Waals surface area contributed by atoms with Crippen LogP contribution in [0.5, 0.6) is 0 Å². The fraction of sp³-hybridized carbons (Fsp3) is 0.429. The molecule has 3 unspecified atom stereocenters. The van der Waals surface area contributed by atoms with Crippen LogP contribution >= 0.6 is 0 Å². The van der Waals surface area contributed by atoms with Crippen molar-refractivity contribution in [3.8, 4) is 0 Å². The van der Waals surface area contributed by atoms with Gasteiger partial charge in [0.1, 0.15) is 19.0 Å². The minimum absolute atomic E-state index is 0.223. The van der Waals surface area contributed by atoms with E-state index >= 15 is 0 Å². The molecule has 7 nitrogen and oxygen atoms in total. The van der Waals surface area contributed by atoms with Gasteiger partial charge in [0.05, 0.1) is 12.3 Å². The molecule has 12 heteroatoms. The first-order valence-electron chi connectivity index (χ1n) is 7.23. The number of halogens is 5. The Hall–Kier alpha value is -2.47. The van der Waals surface area contributed by atoms with Crippen molar-refractivity contribution in [2.75, 3.05) is 13.2 Å². The number of pyridine rings is 1. The Balaban J connectivity index is 1.89. The van der Waals surface area contributed by atoms with Crippen LogP contribution in [0.2, 0.25) is 0 Å². The largest absolute Gasteiger partial charge is 0.411 e. The Morgan fingerprint density at radius 3 is 2.62 bits per heavy atom. The molecule has 0 saturated heterocycles. The summed E-state index contributed by atoms with van der Waals surface area (Å²) in [5.74, 6) is 0. The summed E-state index contributed by atoms with van der Waals surface area (Å²) in [4.78, 5) is 3.77. The van der Waals surface area contributed by atoms with Gasteiger partial charge in [-0.15, -0.1) is 5.10 Å². The smallest absolute Gasteiger partial charge is 0.385 e. The molecule has 0 radical (unpaired) electrons. The molecule has 0 aliphatic heterocycles. The Kier molecular flexibility index (Phi) is 6.69. The summed E-state index contributed by atoms with van der Waals surface area (Å²) in [7, 11) is 0. The number of aromatic nitrogens is 5. The molecule has 1 N–H and O–H groups in total. The second-order valence-corrected chi connectivity index (χ2v) is 5.10. The van der Waals surface area contributed by atoms with Gasteiger partial charge in [-0.3, -0.25) is 4.98 Å². The van der Waals surface area contributed by atoms with Crippen molar-refractivity contribution < 1.29 is 31.8 Å². The number of ether oxygens (including phenoxy) is 1. The Morgan fingerprint density at radius 1 is 1.27 bits per heavy atom. The number of rotatable bonds is 8. The van der Waals surface area contributed by atoms with Gasteiger partial charge in [-0.25, -0.2) is 8.78 Å². The molecule has 2 aromatic rings. The minimum Gasteiger partial charge on any atom is -0.385 e. The zero-order valence-corrected chi connectivity index (χ0v) is 13.1. The zero-order chi connectivity index (χ0) is 19.2. The summed E-state index contributed by atoms with van der Waals surface area (Å²) in [5.41, 5.74) is 0.238. The van der Waals surface area contributed by atoms with Gasteiger partial charge >= 0.3 is 6.18 Å². The summed E-state index contributed by atoms with van der Waals surface area (Å²) in [6.45, 7) is -1.62. The van der Waals surface area contributed by atoms with E-state index in [9.17, 15) is 27.1 Å². The van der Waals surface area contributed by atoms with Crippen molar-refractivity contribution in [3.05, 3.63) is 42.0 Å². The van der Waals surface area contributed by atoms with E-state index in [1.54, 1.807) is 0 Å².